The minimum atomic E-state index is 1.19. The van der Waals surface area contributed by atoms with Gasteiger partial charge in [0.2, 0.25) is 0 Å². The smallest absolute Gasteiger partial charge is 0.00262 e. The third-order valence-corrected chi connectivity index (χ3v) is 16.2. The molecule has 0 nitrogen and oxygen atoms in total. The van der Waals surface area contributed by atoms with Crippen molar-refractivity contribution in [1.82, 2.24) is 0 Å². The Morgan fingerprint density at radius 2 is 0.333 bits per heavy atom. The van der Waals surface area contributed by atoms with Crippen molar-refractivity contribution in [2.75, 3.05) is 0 Å². The minimum absolute atomic E-state index is 1.19. The summed E-state index contributed by atoms with van der Waals surface area (Å²) in [5.41, 5.74) is 19.6. The van der Waals surface area contributed by atoms with Gasteiger partial charge in [-0.3, -0.25) is 0 Å². The van der Waals surface area contributed by atoms with Crippen molar-refractivity contribution >= 4 is 64.6 Å². The number of hydrogen-bond donors (Lipinski definition) is 0. The molecule has 15 aromatic rings. The predicted molar refractivity (Wildman–Crippen MR) is 335 cm³/mol. The lowest BCUT2D eigenvalue weighted by Crippen LogP contribution is -1.91. The van der Waals surface area contributed by atoms with Crippen LogP contribution in [0.3, 0.4) is 0 Å². The van der Waals surface area contributed by atoms with E-state index in [-0.39, 0.29) is 0 Å². The monoisotopic (exact) mass is 986 g/mol. The van der Waals surface area contributed by atoms with Gasteiger partial charge in [-0.15, -0.1) is 0 Å². The second kappa shape index (κ2) is 18.9. The van der Waals surface area contributed by atoms with Gasteiger partial charge < -0.3 is 0 Å². The molecule has 0 aliphatic carbocycles. The zero-order chi connectivity index (χ0) is 51.5. The van der Waals surface area contributed by atoms with E-state index in [0.717, 1.165) is 0 Å². The van der Waals surface area contributed by atoms with Gasteiger partial charge in [0.05, 0.1) is 0 Å². The van der Waals surface area contributed by atoms with Crippen LogP contribution in [0.2, 0.25) is 0 Å². The van der Waals surface area contributed by atoms with E-state index >= 15 is 0 Å². The third-order valence-electron chi connectivity index (χ3n) is 16.2. The maximum Gasteiger partial charge on any atom is -0.00262 e. The van der Waals surface area contributed by atoms with Crippen LogP contribution in [0.5, 0.6) is 0 Å². The summed E-state index contributed by atoms with van der Waals surface area (Å²) in [6.45, 7) is 0. The van der Waals surface area contributed by atoms with Gasteiger partial charge in [0.1, 0.15) is 0 Å². The molecule has 0 heterocycles. The lowest BCUT2D eigenvalue weighted by molar-refractivity contribution is 1.60. The van der Waals surface area contributed by atoms with Crippen LogP contribution in [-0.2, 0) is 0 Å². The van der Waals surface area contributed by atoms with Crippen LogP contribution in [0.15, 0.2) is 303 Å². The van der Waals surface area contributed by atoms with Crippen molar-refractivity contribution < 1.29 is 0 Å². The SMILES string of the molecule is c1ccc(-c2cccc(-c3c4ccccc4c(-c4ccc(-c5ccc6ccc7ccc(-c8cccc(-c9c%10ccccc%10c(-c%10cccc(-c%11ccccc%11)c%10)c%10ccccc9%10)c8)cc7c6c5)cc4)c4ccccc34)c2)cc1. The maximum atomic E-state index is 2.40. The molecule has 0 fully saturated rings. The second-order valence-electron chi connectivity index (χ2n) is 20.7. The van der Waals surface area contributed by atoms with Crippen LogP contribution in [0, 0.1) is 0 Å². The molecule has 0 unspecified atom stereocenters. The normalized spacial score (nSPS) is 11.6. The molecule has 0 saturated heterocycles. The first-order valence-electron chi connectivity index (χ1n) is 27.1. The van der Waals surface area contributed by atoms with Crippen LogP contribution in [0.4, 0.5) is 0 Å². The highest BCUT2D eigenvalue weighted by molar-refractivity contribution is 6.23. The van der Waals surface area contributed by atoms with Crippen LogP contribution < -0.4 is 0 Å². The van der Waals surface area contributed by atoms with Crippen LogP contribution >= 0.6 is 0 Å². The zero-order valence-corrected chi connectivity index (χ0v) is 42.9. The van der Waals surface area contributed by atoms with Crippen LogP contribution in [0.25, 0.3) is 154 Å². The standard InChI is InChI=1S/C78H50/c1-3-18-51(19-4-1)57-22-15-25-62(46-57)76-67-30-9-7-28-65(67)75(66-29-8-10-31-68(66)76)56-42-36-53(37-43-56)60-44-40-54-38-39-55-41-45-61(50-74(55)73(54)49-60)59-24-17-27-64(48-59)78-71-34-13-11-32-69(71)77(70-33-12-14-35-72(70)78)63-26-16-23-58(47-63)52-20-5-2-6-21-52/h1-50H. The molecule has 0 aromatic heterocycles. The summed E-state index contributed by atoms with van der Waals surface area (Å²) >= 11 is 0. The van der Waals surface area contributed by atoms with E-state index < -0.39 is 0 Å². The van der Waals surface area contributed by atoms with E-state index in [0.29, 0.717) is 0 Å². The molecule has 0 N–H and O–H groups in total. The average Bonchev–Trinajstić information content (AvgIpc) is 3.63. The summed E-state index contributed by atoms with van der Waals surface area (Å²) in [6, 6.07) is 112. The molecular weight excluding hydrogens is 937 g/mol. The quantitative estimate of drug-likeness (QED) is 0.105. The molecule has 0 saturated carbocycles. The van der Waals surface area contributed by atoms with Crippen molar-refractivity contribution in [1.29, 1.82) is 0 Å². The van der Waals surface area contributed by atoms with Crippen molar-refractivity contribution in [2.24, 2.45) is 0 Å². The molecule has 0 aliphatic heterocycles. The summed E-state index contributed by atoms with van der Waals surface area (Å²) in [6.07, 6.45) is 0. The Kier molecular flexibility index (Phi) is 11.0. The largest absolute Gasteiger partial charge is 0.0622 e. The first kappa shape index (κ1) is 45.3. The summed E-state index contributed by atoms with van der Waals surface area (Å²) in [5.74, 6) is 0. The van der Waals surface area contributed by atoms with E-state index in [4.69, 9.17) is 0 Å². The third kappa shape index (κ3) is 7.77. The Hall–Kier alpha value is -10.1. The molecule has 0 aliphatic rings. The fourth-order valence-electron chi connectivity index (χ4n) is 12.6. The van der Waals surface area contributed by atoms with Gasteiger partial charge in [0.15, 0.2) is 0 Å². The molecule has 15 rings (SSSR count). The molecular formula is C78H50. The maximum absolute atomic E-state index is 2.40. The van der Waals surface area contributed by atoms with Gasteiger partial charge in [-0.05, 0) is 184 Å². The molecule has 0 spiro atoms. The number of rotatable bonds is 8. The molecule has 78 heavy (non-hydrogen) atoms. The molecule has 362 valence electrons. The van der Waals surface area contributed by atoms with Crippen LogP contribution in [-0.4, -0.2) is 0 Å². The topological polar surface area (TPSA) is 0 Å². The molecule has 0 radical (unpaired) electrons. The number of hydrogen-bond acceptors (Lipinski definition) is 0. The zero-order valence-electron chi connectivity index (χ0n) is 42.9. The van der Waals surface area contributed by atoms with E-state index in [9.17, 15) is 0 Å². The lowest BCUT2D eigenvalue weighted by atomic mass is 9.85. The molecule has 0 amide bonds. The van der Waals surface area contributed by atoms with Gasteiger partial charge in [0.25, 0.3) is 0 Å². The second-order valence-corrected chi connectivity index (χ2v) is 20.7. The lowest BCUT2D eigenvalue weighted by Gasteiger charge is -2.18. The number of benzene rings is 15. The highest BCUT2D eigenvalue weighted by Crippen LogP contribution is 2.47. The molecule has 0 bridgehead atoms. The summed E-state index contributed by atoms with van der Waals surface area (Å²) < 4.78 is 0. The molecule has 0 atom stereocenters. The average molecular weight is 987 g/mol. The van der Waals surface area contributed by atoms with E-state index in [1.165, 1.54) is 154 Å². The summed E-state index contributed by atoms with van der Waals surface area (Å²) in [7, 11) is 0. The van der Waals surface area contributed by atoms with E-state index in [1.807, 2.05) is 0 Å². The van der Waals surface area contributed by atoms with Crippen molar-refractivity contribution in [3.8, 4) is 89.0 Å². The Labute approximate surface area is 454 Å². The van der Waals surface area contributed by atoms with Crippen molar-refractivity contribution in [2.45, 2.75) is 0 Å². The fraction of sp³-hybridized carbons (Fsp3) is 0. The van der Waals surface area contributed by atoms with Gasteiger partial charge in [-0.2, -0.15) is 0 Å². The molecule has 0 heteroatoms. The summed E-state index contributed by atoms with van der Waals surface area (Å²) in [5, 5.41) is 15.0. The highest BCUT2D eigenvalue weighted by atomic mass is 14.2. The predicted octanol–water partition coefficient (Wildman–Crippen LogP) is 21.9. The van der Waals surface area contributed by atoms with Gasteiger partial charge in [-0.1, -0.05) is 273 Å². The highest BCUT2D eigenvalue weighted by Gasteiger charge is 2.20. The number of fused-ring (bicyclic) bond motifs is 7. The first-order valence-corrected chi connectivity index (χ1v) is 27.1. The minimum Gasteiger partial charge on any atom is -0.0622 e. The van der Waals surface area contributed by atoms with Crippen molar-refractivity contribution in [3.05, 3.63) is 303 Å². The van der Waals surface area contributed by atoms with Gasteiger partial charge in [-0.25, -0.2) is 0 Å². The Morgan fingerprint density at radius 3 is 0.692 bits per heavy atom. The Morgan fingerprint density at radius 1 is 0.115 bits per heavy atom. The summed E-state index contributed by atoms with van der Waals surface area (Å²) in [4.78, 5) is 0. The Bertz CT molecular complexity index is 4700. The van der Waals surface area contributed by atoms with E-state index in [2.05, 4.69) is 303 Å². The van der Waals surface area contributed by atoms with E-state index in [1.54, 1.807) is 0 Å². The van der Waals surface area contributed by atoms with Crippen LogP contribution in [0.1, 0.15) is 0 Å². The van der Waals surface area contributed by atoms with Crippen molar-refractivity contribution in [3.63, 3.8) is 0 Å². The Balaban J connectivity index is 0.801. The van der Waals surface area contributed by atoms with Gasteiger partial charge >= 0.3 is 0 Å². The first-order chi connectivity index (χ1) is 38.7. The van der Waals surface area contributed by atoms with Gasteiger partial charge in [0, 0.05) is 0 Å². The fourth-order valence-corrected chi connectivity index (χ4v) is 12.6. The molecule has 15 aromatic carbocycles.